The minimum atomic E-state index is -0.959. The van der Waals surface area contributed by atoms with E-state index >= 15 is 0 Å². The second-order valence-electron chi connectivity index (χ2n) is 10.6. The lowest BCUT2D eigenvalue weighted by atomic mass is 9.71. The molecule has 1 aliphatic rings. The highest BCUT2D eigenvalue weighted by Gasteiger charge is 2.33. The Morgan fingerprint density at radius 3 is 2.14 bits per heavy atom. The van der Waals surface area contributed by atoms with Gasteiger partial charge >= 0.3 is 12.0 Å². The van der Waals surface area contributed by atoms with Crippen LogP contribution in [-0.4, -0.2) is 40.5 Å². The standard InChI is InChI=1S/C28H38N4O4/c1-28(2,3)21-8-14-24(15-9-21)32(27(36)31-23-12-10-22(29)11-13-23)18-19-4-6-20(7-5-19)26(35)30-17-16-25(33)34/h4-7,10-13,21,24H,8-9,14-18,29H2,1-3H3,(H,30,35)(H,31,36)(H,33,34). The van der Waals surface area contributed by atoms with Crippen molar-refractivity contribution < 1.29 is 19.5 Å². The Kier molecular flexibility index (Phi) is 8.96. The fraction of sp³-hybridized carbons (Fsp3) is 0.464. The number of rotatable bonds is 8. The Morgan fingerprint density at radius 1 is 0.972 bits per heavy atom. The molecule has 2 aromatic rings. The zero-order chi connectivity index (χ0) is 26.3. The lowest BCUT2D eigenvalue weighted by molar-refractivity contribution is -0.136. The van der Waals surface area contributed by atoms with Crippen molar-refractivity contribution in [1.29, 1.82) is 0 Å². The smallest absolute Gasteiger partial charge is 0.322 e. The monoisotopic (exact) mass is 494 g/mol. The van der Waals surface area contributed by atoms with E-state index in [1.807, 2.05) is 17.0 Å². The lowest BCUT2D eigenvalue weighted by Gasteiger charge is -2.41. The summed E-state index contributed by atoms with van der Waals surface area (Å²) in [6, 6.07) is 14.2. The third-order valence-electron chi connectivity index (χ3n) is 6.98. The van der Waals surface area contributed by atoms with E-state index in [0.29, 0.717) is 29.4 Å². The number of nitrogens with two attached hydrogens (primary N) is 1. The summed E-state index contributed by atoms with van der Waals surface area (Å²) in [7, 11) is 0. The van der Waals surface area contributed by atoms with Crippen LogP contribution in [0.2, 0.25) is 0 Å². The third kappa shape index (κ3) is 7.73. The molecule has 8 heteroatoms. The van der Waals surface area contributed by atoms with Crippen LogP contribution in [-0.2, 0) is 11.3 Å². The third-order valence-corrected chi connectivity index (χ3v) is 6.98. The molecule has 1 fully saturated rings. The molecule has 8 nitrogen and oxygen atoms in total. The number of hydrogen-bond acceptors (Lipinski definition) is 4. The van der Waals surface area contributed by atoms with Crippen molar-refractivity contribution in [2.75, 3.05) is 17.6 Å². The van der Waals surface area contributed by atoms with Gasteiger partial charge in [-0.3, -0.25) is 9.59 Å². The van der Waals surface area contributed by atoms with Crippen molar-refractivity contribution in [3.8, 4) is 0 Å². The summed E-state index contributed by atoms with van der Waals surface area (Å²) in [5.41, 5.74) is 8.73. The van der Waals surface area contributed by atoms with Crippen LogP contribution in [0.1, 0.15) is 68.8 Å². The first kappa shape index (κ1) is 27.0. The van der Waals surface area contributed by atoms with E-state index in [-0.39, 0.29) is 36.4 Å². The van der Waals surface area contributed by atoms with Gasteiger partial charge in [-0.05, 0) is 79.0 Å². The fourth-order valence-electron chi connectivity index (χ4n) is 4.73. The summed E-state index contributed by atoms with van der Waals surface area (Å²) in [5.74, 6) is -0.643. The van der Waals surface area contributed by atoms with E-state index in [9.17, 15) is 14.4 Å². The topological polar surface area (TPSA) is 125 Å². The maximum absolute atomic E-state index is 13.4. The van der Waals surface area contributed by atoms with Crippen LogP contribution >= 0.6 is 0 Å². The van der Waals surface area contributed by atoms with Crippen LogP contribution < -0.4 is 16.4 Å². The van der Waals surface area contributed by atoms with Crippen LogP contribution in [0.4, 0.5) is 16.2 Å². The maximum atomic E-state index is 13.4. The number of nitrogens with zero attached hydrogens (tertiary/aromatic N) is 1. The van der Waals surface area contributed by atoms with Gasteiger partial charge in [0.15, 0.2) is 0 Å². The van der Waals surface area contributed by atoms with Gasteiger partial charge < -0.3 is 26.4 Å². The first-order valence-electron chi connectivity index (χ1n) is 12.5. The highest BCUT2D eigenvalue weighted by atomic mass is 16.4. The molecule has 3 rings (SSSR count). The summed E-state index contributed by atoms with van der Waals surface area (Å²) < 4.78 is 0. The second-order valence-corrected chi connectivity index (χ2v) is 10.6. The molecule has 0 atom stereocenters. The average molecular weight is 495 g/mol. The number of carboxylic acid groups (broad SMARTS) is 1. The quantitative estimate of drug-likeness (QED) is 0.380. The van der Waals surface area contributed by atoms with Crippen LogP contribution in [0, 0.1) is 11.3 Å². The highest BCUT2D eigenvalue weighted by molar-refractivity contribution is 5.94. The van der Waals surface area contributed by atoms with Crippen LogP contribution in [0.3, 0.4) is 0 Å². The number of urea groups is 1. The fourth-order valence-corrected chi connectivity index (χ4v) is 4.73. The Bertz CT molecular complexity index is 1040. The number of amides is 3. The summed E-state index contributed by atoms with van der Waals surface area (Å²) in [4.78, 5) is 38.2. The van der Waals surface area contributed by atoms with Gasteiger partial charge in [-0.25, -0.2) is 4.79 Å². The molecule has 3 amide bonds. The molecule has 2 aromatic carbocycles. The molecule has 36 heavy (non-hydrogen) atoms. The molecule has 0 aliphatic heterocycles. The van der Waals surface area contributed by atoms with Gasteiger partial charge in [0.2, 0.25) is 0 Å². The normalized spacial score (nSPS) is 17.8. The molecule has 1 aliphatic carbocycles. The summed E-state index contributed by atoms with van der Waals surface area (Å²) in [6.07, 6.45) is 3.92. The number of benzene rings is 2. The molecule has 0 unspecified atom stereocenters. The minimum absolute atomic E-state index is 0.0756. The first-order chi connectivity index (χ1) is 17.0. The average Bonchev–Trinajstić information content (AvgIpc) is 2.83. The van der Waals surface area contributed by atoms with Gasteiger partial charge in [0.1, 0.15) is 0 Å². The summed E-state index contributed by atoms with van der Waals surface area (Å²) in [5, 5.41) is 14.3. The number of hydrogen-bond donors (Lipinski definition) is 4. The molecule has 0 saturated heterocycles. The maximum Gasteiger partial charge on any atom is 0.322 e. The molecule has 0 bridgehead atoms. The molecule has 0 aromatic heterocycles. The van der Waals surface area contributed by atoms with E-state index < -0.39 is 5.97 Å². The predicted octanol–water partition coefficient (Wildman–Crippen LogP) is 5.11. The van der Waals surface area contributed by atoms with Gasteiger partial charge in [0.25, 0.3) is 5.91 Å². The molecule has 0 radical (unpaired) electrons. The largest absolute Gasteiger partial charge is 0.481 e. The number of nitrogen functional groups attached to an aromatic ring is 1. The predicted molar refractivity (Wildman–Crippen MR) is 142 cm³/mol. The zero-order valence-corrected chi connectivity index (χ0v) is 21.4. The number of carbonyl (C=O) groups is 3. The molecule has 194 valence electrons. The molecule has 0 spiro atoms. The van der Waals surface area contributed by atoms with E-state index in [4.69, 9.17) is 10.8 Å². The van der Waals surface area contributed by atoms with E-state index in [1.54, 1.807) is 36.4 Å². The number of carbonyl (C=O) groups excluding carboxylic acids is 2. The van der Waals surface area contributed by atoms with Crippen LogP contribution in [0.15, 0.2) is 48.5 Å². The highest BCUT2D eigenvalue weighted by Crippen LogP contribution is 2.39. The van der Waals surface area contributed by atoms with Gasteiger partial charge in [-0.1, -0.05) is 32.9 Å². The molecule has 0 heterocycles. The van der Waals surface area contributed by atoms with Gasteiger partial charge in [-0.15, -0.1) is 0 Å². The first-order valence-corrected chi connectivity index (χ1v) is 12.5. The molecular formula is C28H38N4O4. The summed E-state index contributed by atoms with van der Waals surface area (Å²) in [6.45, 7) is 7.34. The van der Waals surface area contributed by atoms with Crippen molar-refractivity contribution in [1.82, 2.24) is 10.2 Å². The van der Waals surface area contributed by atoms with Crippen molar-refractivity contribution >= 4 is 29.3 Å². The summed E-state index contributed by atoms with van der Waals surface area (Å²) >= 11 is 0. The molecule has 1 saturated carbocycles. The minimum Gasteiger partial charge on any atom is -0.481 e. The van der Waals surface area contributed by atoms with Crippen LogP contribution in [0.25, 0.3) is 0 Å². The van der Waals surface area contributed by atoms with Crippen molar-refractivity contribution in [3.05, 3.63) is 59.7 Å². The Morgan fingerprint density at radius 2 is 1.58 bits per heavy atom. The lowest BCUT2D eigenvalue weighted by Crippen LogP contribution is -2.45. The van der Waals surface area contributed by atoms with E-state index in [2.05, 4.69) is 31.4 Å². The Labute approximate surface area is 213 Å². The van der Waals surface area contributed by atoms with E-state index in [0.717, 1.165) is 31.2 Å². The Hall–Kier alpha value is -3.55. The van der Waals surface area contributed by atoms with E-state index in [1.165, 1.54) is 0 Å². The number of carboxylic acids is 1. The number of aliphatic carboxylic acids is 1. The number of anilines is 2. The zero-order valence-electron chi connectivity index (χ0n) is 21.4. The van der Waals surface area contributed by atoms with Crippen LogP contribution in [0.5, 0.6) is 0 Å². The molecule has 5 N–H and O–H groups in total. The van der Waals surface area contributed by atoms with Crippen molar-refractivity contribution in [2.45, 2.75) is 65.5 Å². The van der Waals surface area contributed by atoms with Gasteiger partial charge in [-0.2, -0.15) is 0 Å². The molecular weight excluding hydrogens is 456 g/mol. The Balaban J connectivity index is 1.71. The van der Waals surface area contributed by atoms with Gasteiger partial charge in [0, 0.05) is 36.1 Å². The van der Waals surface area contributed by atoms with Crippen molar-refractivity contribution in [3.63, 3.8) is 0 Å². The second kappa shape index (κ2) is 11.9. The number of nitrogens with one attached hydrogen (secondary N) is 2. The van der Waals surface area contributed by atoms with Crippen molar-refractivity contribution in [2.24, 2.45) is 11.3 Å². The SMILES string of the molecule is CC(C)(C)C1CCC(N(Cc2ccc(C(=O)NCCC(=O)O)cc2)C(=O)Nc2ccc(N)cc2)CC1. The van der Waals surface area contributed by atoms with Gasteiger partial charge in [0.05, 0.1) is 6.42 Å².